The Balaban J connectivity index is 2.11. The second kappa shape index (κ2) is 5.97. The highest BCUT2D eigenvalue weighted by Gasteiger charge is 2.29. The van der Waals surface area contributed by atoms with E-state index in [1.807, 2.05) is 0 Å². The fraction of sp³-hybridized carbons (Fsp3) is 0.615. The predicted octanol–water partition coefficient (Wildman–Crippen LogP) is 1.13. The number of nitrogens with zero attached hydrogens (tertiary/aromatic N) is 1. The van der Waals surface area contributed by atoms with Crippen LogP contribution in [-0.2, 0) is 10.0 Å². The zero-order chi connectivity index (χ0) is 14.8. The summed E-state index contributed by atoms with van der Waals surface area (Å²) in [6.45, 7) is 2.67. The molecule has 20 heavy (non-hydrogen) atoms. The van der Waals surface area contributed by atoms with Crippen LogP contribution in [0.2, 0.25) is 0 Å². The third-order valence-electron chi connectivity index (χ3n) is 3.56. The number of amides is 1. The first-order chi connectivity index (χ1) is 9.38. The monoisotopic (exact) mass is 300 g/mol. The highest BCUT2D eigenvalue weighted by atomic mass is 32.2. The van der Waals surface area contributed by atoms with Crippen molar-refractivity contribution in [3.8, 4) is 0 Å². The van der Waals surface area contributed by atoms with Crippen LogP contribution in [0.4, 0.5) is 0 Å². The second-order valence-electron chi connectivity index (χ2n) is 5.16. The van der Waals surface area contributed by atoms with E-state index in [4.69, 9.17) is 4.42 Å². The molecule has 7 heteroatoms. The van der Waals surface area contributed by atoms with Gasteiger partial charge in [-0.1, -0.05) is 0 Å². The van der Waals surface area contributed by atoms with Crippen LogP contribution in [0.15, 0.2) is 16.7 Å². The van der Waals surface area contributed by atoms with Crippen molar-refractivity contribution in [2.45, 2.75) is 32.2 Å². The number of likely N-dealkylation sites (tertiary alicyclic amines) is 1. The summed E-state index contributed by atoms with van der Waals surface area (Å²) in [7, 11) is -3.24. The maximum Gasteiger partial charge on any atom is 0.257 e. The number of furan rings is 1. The first kappa shape index (κ1) is 15.1. The maximum atomic E-state index is 12.5. The fourth-order valence-corrected chi connectivity index (χ4v) is 2.98. The van der Waals surface area contributed by atoms with Gasteiger partial charge in [0.25, 0.3) is 5.91 Å². The molecular formula is C13H20N2O4S. The van der Waals surface area contributed by atoms with Crippen LogP contribution in [0.25, 0.3) is 0 Å². The van der Waals surface area contributed by atoms with Gasteiger partial charge in [0.2, 0.25) is 10.0 Å². The molecule has 1 amide bonds. The molecule has 6 nitrogen and oxygen atoms in total. The van der Waals surface area contributed by atoms with Crippen LogP contribution in [0, 0.1) is 6.92 Å². The van der Waals surface area contributed by atoms with Crippen LogP contribution >= 0.6 is 0 Å². The molecule has 1 aliphatic heterocycles. The van der Waals surface area contributed by atoms with E-state index in [1.165, 1.54) is 6.26 Å². The molecule has 2 rings (SSSR count). The highest BCUT2D eigenvalue weighted by Crippen LogP contribution is 2.21. The molecule has 1 aliphatic rings. The molecule has 1 saturated heterocycles. The Bertz CT molecular complexity index is 579. The quantitative estimate of drug-likeness (QED) is 0.904. The Hall–Kier alpha value is -1.34. The van der Waals surface area contributed by atoms with Crippen molar-refractivity contribution in [1.82, 2.24) is 9.62 Å². The van der Waals surface area contributed by atoms with E-state index in [1.54, 1.807) is 17.9 Å². The number of carbonyl (C=O) groups is 1. The Kier molecular flexibility index (Phi) is 4.49. The Labute approximate surface area is 119 Å². The third kappa shape index (κ3) is 3.61. The van der Waals surface area contributed by atoms with Crippen molar-refractivity contribution in [1.29, 1.82) is 0 Å². The molecule has 1 atom stereocenters. The Morgan fingerprint density at radius 3 is 2.85 bits per heavy atom. The number of nitrogens with one attached hydrogen (secondary N) is 1. The minimum absolute atomic E-state index is 0.0868. The minimum atomic E-state index is -3.24. The number of hydrogen-bond donors (Lipinski definition) is 1. The molecule has 0 unspecified atom stereocenters. The van der Waals surface area contributed by atoms with E-state index in [2.05, 4.69) is 4.72 Å². The molecule has 112 valence electrons. The largest absolute Gasteiger partial charge is 0.469 e. The van der Waals surface area contributed by atoms with Gasteiger partial charge in [0, 0.05) is 19.1 Å². The summed E-state index contributed by atoms with van der Waals surface area (Å²) in [5.74, 6) is 0.506. The average molecular weight is 300 g/mol. The molecule has 0 aliphatic carbocycles. The molecule has 1 N–H and O–H groups in total. The lowest BCUT2D eigenvalue weighted by molar-refractivity contribution is 0.0617. The number of hydrogen-bond acceptors (Lipinski definition) is 4. The maximum absolute atomic E-state index is 12.5. The SMILES string of the molecule is Cc1occc1C(=O)N1CCCC[C@@H]1CNS(C)(=O)=O. The lowest BCUT2D eigenvalue weighted by Crippen LogP contribution is -2.49. The molecule has 2 heterocycles. The van der Waals surface area contributed by atoms with Gasteiger partial charge in [0.1, 0.15) is 5.76 Å². The van der Waals surface area contributed by atoms with Crippen LogP contribution in [-0.4, -0.2) is 44.6 Å². The van der Waals surface area contributed by atoms with Crippen molar-refractivity contribution < 1.29 is 17.6 Å². The van der Waals surface area contributed by atoms with Crippen LogP contribution < -0.4 is 4.72 Å². The van der Waals surface area contributed by atoms with Gasteiger partial charge in [-0.3, -0.25) is 4.79 Å². The molecule has 1 aromatic heterocycles. The molecule has 1 aromatic rings. The second-order valence-corrected chi connectivity index (χ2v) is 6.99. The van der Waals surface area contributed by atoms with Crippen LogP contribution in [0.5, 0.6) is 0 Å². The zero-order valence-corrected chi connectivity index (χ0v) is 12.6. The van der Waals surface area contributed by atoms with Gasteiger partial charge in [0.05, 0.1) is 18.1 Å². The topological polar surface area (TPSA) is 79.6 Å². The van der Waals surface area contributed by atoms with Crippen molar-refractivity contribution >= 4 is 15.9 Å². The van der Waals surface area contributed by atoms with Gasteiger partial charge in [-0.15, -0.1) is 0 Å². The fourth-order valence-electron chi connectivity index (χ4n) is 2.49. The molecule has 1 fully saturated rings. The van der Waals surface area contributed by atoms with E-state index >= 15 is 0 Å². The summed E-state index contributed by atoms with van der Waals surface area (Å²) in [4.78, 5) is 14.3. The first-order valence-corrected chi connectivity index (χ1v) is 8.57. The summed E-state index contributed by atoms with van der Waals surface area (Å²) in [6.07, 6.45) is 5.38. The van der Waals surface area contributed by atoms with Gasteiger partial charge in [-0.2, -0.15) is 0 Å². The summed E-state index contributed by atoms with van der Waals surface area (Å²) >= 11 is 0. The first-order valence-electron chi connectivity index (χ1n) is 6.68. The number of sulfonamides is 1. The minimum Gasteiger partial charge on any atom is -0.469 e. The molecule has 0 aromatic carbocycles. The van der Waals surface area contributed by atoms with Crippen LogP contribution in [0.3, 0.4) is 0 Å². The molecule has 0 spiro atoms. The van der Waals surface area contributed by atoms with E-state index in [0.29, 0.717) is 17.9 Å². The number of rotatable bonds is 4. The standard InChI is InChI=1S/C13H20N2O4S/c1-10-12(6-8-19-10)13(16)15-7-4-3-5-11(15)9-14-20(2,17)18/h6,8,11,14H,3-5,7,9H2,1-2H3/t11-/m1/s1. The van der Waals surface area contributed by atoms with Crippen molar-refractivity contribution in [3.05, 3.63) is 23.7 Å². The van der Waals surface area contributed by atoms with Crippen molar-refractivity contribution in [2.24, 2.45) is 0 Å². The smallest absolute Gasteiger partial charge is 0.257 e. The van der Waals surface area contributed by atoms with E-state index < -0.39 is 10.0 Å². The highest BCUT2D eigenvalue weighted by molar-refractivity contribution is 7.88. The van der Waals surface area contributed by atoms with Crippen LogP contribution in [0.1, 0.15) is 35.4 Å². The molecule has 0 radical (unpaired) electrons. The van der Waals surface area contributed by atoms with Gasteiger partial charge < -0.3 is 9.32 Å². The van der Waals surface area contributed by atoms with Gasteiger partial charge in [-0.25, -0.2) is 13.1 Å². The number of piperidine rings is 1. The zero-order valence-electron chi connectivity index (χ0n) is 11.8. The predicted molar refractivity (Wildman–Crippen MR) is 75.0 cm³/mol. The summed E-state index contributed by atoms with van der Waals surface area (Å²) < 4.78 is 30.1. The lowest BCUT2D eigenvalue weighted by atomic mass is 10.0. The van der Waals surface area contributed by atoms with Gasteiger partial charge in [-0.05, 0) is 32.3 Å². The average Bonchev–Trinajstić information content (AvgIpc) is 2.81. The van der Waals surface area contributed by atoms with E-state index in [9.17, 15) is 13.2 Å². The summed E-state index contributed by atoms with van der Waals surface area (Å²) in [5, 5.41) is 0. The molecular weight excluding hydrogens is 280 g/mol. The molecule has 0 saturated carbocycles. The van der Waals surface area contributed by atoms with E-state index in [0.717, 1.165) is 25.5 Å². The lowest BCUT2D eigenvalue weighted by Gasteiger charge is -2.35. The normalized spacial score (nSPS) is 20.1. The molecule has 0 bridgehead atoms. The number of aryl methyl sites for hydroxylation is 1. The van der Waals surface area contributed by atoms with E-state index in [-0.39, 0.29) is 18.5 Å². The van der Waals surface area contributed by atoms with Crippen molar-refractivity contribution in [2.75, 3.05) is 19.3 Å². The summed E-state index contributed by atoms with van der Waals surface area (Å²) in [6, 6.07) is 1.56. The Morgan fingerprint density at radius 1 is 1.50 bits per heavy atom. The van der Waals surface area contributed by atoms with Gasteiger partial charge in [0.15, 0.2) is 0 Å². The van der Waals surface area contributed by atoms with Crippen molar-refractivity contribution in [3.63, 3.8) is 0 Å². The number of carbonyl (C=O) groups excluding carboxylic acids is 1. The summed E-state index contributed by atoms with van der Waals surface area (Å²) in [5.41, 5.74) is 0.552. The third-order valence-corrected chi connectivity index (χ3v) is 4.25. The Morgan fingerprint density at radius 2 is 2.25 bits per heavy atom. The van der Waals surface area contributed by atoms with Gasteiger partial charge >= 0.3 is 0 Å².